The van der Waals surface area contributed by atoms with Gasteiger partial charge in [-0.15, -0.1) is 22.7 Å². The first-order valence-electron chi connectivity index (χ1n) is 13.9. The van der Waals surface area contributed by atoms with Gasteiger partial charge in [0.1, 0.15) is 0 Å². The Hall–Kier alpha value is -5.46. The minimum Gasteiger partial charge on any atom is -0.308 e. The van der Waals surface area contributed by atoms with Crippen LogP contribution in [0.25, 0.3) is 83.8 Å². The number of rotatable bonds is 2. The number of fused-ring (bicyclic) bond motifs is 9. The van der Waals surface area contributed by atoms with Crippen molar-refractivity contribution in [3.05, 3.63) is 132 Å². The molecule has 0 aliphatic carbocycles. The van der Waals surface area contributed by atoms with Crippen LogP contribution in [0.1, 0.15) is 5.56 Å². The van der Waals surface area contributed by atoms with Crippen molar-refractivity contribution >= 4 is 90.5 Å². The molecule has 3 nitrogen and oxygen atoms in total. The summed E-state index contributed by atoms with van der Waals surface area (Å²) in [5.41, 5.74) is 6.64. The Balaban J connectivity index is 1.32. The van der Waals surface area contributed by atoms with E-state index in [0.29, 0.717) is 11.3 Å². The zero-order valence-corrected chi connectivity index (χ0v) is 24.3. The lowest BCUT2D eigenvalue weighted by Gasteiger charge is -2.09. The van der Waals surface area contributed by atoms with Crippen LogP contribution in [0.4, 0.5) is 5.69 Å². The molecule has 0 unspecified atom stereocenters. The van der Waals surface area contributed by atoms with Crippen molar-refractivity contribution in [3.63, 3.8) is 0 Å². The van der Waals surface area contributed by atoms with Crippen molar-refractivity contribution in [1.82, 2.24) is 4.57 Å². The average Bonchev–Trinajstić information content (AvgIpc) is 3.73. The molecule has 0 aliphatic rings. The second-order valence-corrected chi connectivity index (χ2v) is 12.8. The second-order valence-electron chi connectivity index (χ2n) is 10.7. The van der Waals surface area contributed by atoms with Crippen molar-refractivity contribution in [2.75, 3.05) is 0 Å². The summed E-state index contributed by atoms with van der Waals surface area (Å²) in [6.45, 7) is 8.12. The van der Waals surface area contributed by atoms with Gasteiger partial charge in [0.25, 0.3) is 0 Å². The van der Waals surface area contributed by atoms with Crippen LogP contribution in [-0.4, -0.2) is 4.57 Å². The summed E-state index contributed by atoms with van der Waals surface area (Å²) in [4.78, 5) is 4.02. The number of para-hydroxylation sites is 1. The van der Waals surface area contributed by atoms with Gasteiger partial charge in [-0.05, 0) is 71.1 Å². The van der Waals surface area contributed by atoms with E-state index in [9.17, 15) is 5.26 Å². The standard InChI is InChI=1S/C38H19N3S2/c1-40-31-20-24(23-14-16-36-29(18-23)27-8-3-5-12-35(27)42-36)19-30-28-9-6-11-33(38(28)43-37(30)31)41-32-10-4-2-7-25(32)26-15-13-22(21-39)17-34(26)41/h2-20H. The molecule has 0 saturated heterocycles. The second kappa shape index (κ2) is 9.02. The van der Waals surface area contributed by atoms with Gasteiger partial charge in [-0.3, -0.25) is 0 Å². The van der Waals surface area contributed by atoms with Gasteiger partial charge in [-0.25, -0.2) is 4.85 Å². The number of aromatic nitrogens is 1. The van der Waals surface area contributed by atoms with E-state index in [4.69, 9.17) is 6.57 Å². The minimum atomic E-state index is 0.635. The Bertz CT molecular complexity index is 2710. The molecule has 9 rings (SSSR count). The largest absolute Gasteiger partial charge is 0.308 e. The third-order valence-electron chi connectivity index (χ3n) is 8.43. The van der Waals surface area contributed by atoms with E-state index in [0.717, 1.165) is 58.8 Å². The molecular formula is C38H19N3S2. The summed E-state index contributed by atoms with van der Waals surface area (Å²) in [6, 6.07) is 42.6. The first-order valence-corrected chi connectivity index (χ1v) is 15.6. The van der Waals surface area contributed by atoms with E-state index in [1.807, 2.05) is 29.5 Å². The highest BCUT2D eigenvalue weighted by atomic mass is 32.1. The third kappa shape index (κ3) is 3.44. The van der Waals surface area contributed by atoms with Crippen molar-refractivity contribution in [2.45, 2.75) is 0 Å². The Labute approximate surface area is 254 Å². The van der Waals surface area contributed by atoms with Crippen molar-refractivity contribution in [2.24, 2.45) is 0 Å². The van der Waals surface area contributed by atoms with Crippen molar-refractivity contribution in [1.29, 1.82) is 5.26 Å². The summed E-state index contributed by atoms with van der Waals surface area (Å²) in [5, 5.41) is 16.7. The van der Waals surface area contributed by atoms with Crippen molar-refractivity contribution in [3.8, 4) is 22.9 Å². The zero-order valence-electron chi connectivity index (χ0n) is 22.6. The summed E-state index contributed by atoms with van der Waals surface area (Å²) in [5.74, 6) is 0. The third-order valence-corrected chi connectivity index (χ3v) is 10.9. The van der Waals surface area contributed by atoms with Crippen LogP contribution in [0.2, 0.25) is 0 Å². The molecule has 0 radical (unpaired) electrons. The molecule has 0 amide bonds. The minimum absolute atomic E-state index is 0.635. The molecule has 0 fully saturated rings. The van der Waals surface area contributed by atoms with Gasteiger partial charge in [0.05, 0.1) is 39.6 Å². The number of hydrogen-bond donors (Lipinski definition) is 0. The Morgan fingerprint density at radius 3 is 2.23 bits per heavy atom. The van der Waals surface area contributed by atoms with E-state index in [-0.39, 0.29) is 0 Å². The molecule has 0 bridgehead atoms. The van der Waals surface area contributed by atoms with Crippen LogP contribution in [0.15, 0.2) is 115 Å². The molecule has 9 aromatic rings. The van der Waals surface area contributed by atoms with E-state index in [1.165, 1.54) is 20.2 Å². The fraction of sp³-hybridized carbons (Fsp3) is 0. The zero-order chi connectivity index (χ0) is 28.7. The lowest BCUT2D eigenvalue weighted by molar-refractivity contribution is 1.20. The quantitative estimate of drug-likeness (QED) is 0.187. The van der Waals surface area contributed by atoms with Gasteiger partial charge in [0, 0.05) is 41.0 Å². The monoisotopic (exact) mass is 581 g/mol. The van der Waals surface area contributed by atoms with Crippen molar-refractivity contribution < 1.29 is 0 Å². The summed E-state index contributed by atoms with van der Waals surface area (Å²) in [6.07, 6.45) is 0. The maximum Gasteiger partial charge on any atom is 0.205 e. The Morgan fingerprint density at radius 1 is 0.581 bits per heavy atom. The lowest BCUT2D eigenvalue weighted by Crippen LogP contribution is -1.94. The van der Waals surface area contributed by atoms with E-state index < -0.39 is 0 Å². The summed E-state index contributed by atoms with van der Waals surface area (Å²) < 4.78 is 6.96. The topological polar surface area (TPSA) is 33.1 Å². The summed E-state index contributed by atoms with van der Waals surface area (Å²) in [7, 11) is 0. The fourth-order valence-electron chi connectivity index (χ4n) is 6.50. The highest BCUT2D eigenvalue weighted by Crippen LogP contribution is 2.46. The molecule has 0 aliphatic heterocycles. The van der Waals surface area contributed by atoms with E-state index in [1.54, 1.807) is 11.3 Å². The molecule has 198 valence electrons. The summed E-state index contributed by atoms with van der Waals surface area (Å²) >= 11 is 3.49. The molecule has 5 heteroatoms. The first kappa shape index (κ1) is 24.2. The smallest absolute Gasteiger partial charge is 0.205 e. The van der Waals surface area contributed by atoms with Crippen LogP contribution >= 0.6 is 22.7 Å². The fourth-order valence-corrected chi connectivity index (χ4v) is 8.83. The Morgan fingerprint density at radius 2 is 1.35 bits per heavy atom. The van der Waals surface area contributed by atoms with Crippen LogP contribution in [0.3, 0.4) is 0 Å². The molecule has 0 N–H and O–H groups in total. The number of thiophene rings is 2. The average molecular weight is 582 g/mol. The normalized spacial score (nSPS) is 11.7. The van der Waals surface area contributed by atoms with E-state index in [2.05, 4.69) is 113 Å². The molecule has 6 aromatic carbocycles. The van der Waals surface area contributed by atoms with Gasteiger partial charge in [0.2, 0.25) is 5.69 Å². The molecule has 0 saturated carbocycles. The molecule has 3 heterocycles. The number of nitrogens with zero attached hydrogens (tertiary/aromatic N) is 3. The number of hydrogen-bond acceptors (Lipinski definition) is 3. The van der Waals surface area contributed by atoms with Crippen LogP contribution in [-0.2, 0) is 0 Å². The van der Waals surface area contributed by atoms with Gasteiger partial charge in [0.15, 0.2) is 0 Å². The van der Waals surface area contributed by atoms with Crippen LogP contribution in [0, 0.1) is 17.9 Å². The lowest BCUT2D eigenvalue weighted by atomic mass is 10.00. The van der Waals surface area contributed by atoms with Gasteiger partial charge < -0.3 is 4.57 Å². The number of benzene rings is 6. The molecule has 0 atom stereocenters. The molecule has 0 spiro atoms. The van der Waals surface area contributed by atoms with Crippen LogP contribution in [0.5, 0.6) is 0 Å². The van der Waals surface area contributed by atoms with E-state index >= 15 is 0 Å². The predicted octanol–water partition coefficient (Wildman–Crippen LogP) is 11.6. The first-order chi connectivity index (χ1) is 21.2. The highest BCUT2D eigenvalue weighted by Gasteiger charge is 2.19. The maximum atomic E-state index is 9.69. The van der Waals surface area contributed by atoms with Gasteiger partial charge in [-0.1, -0.05) is 60.7 Å². The highest BCUT2D eigenvalue weighted by molar-refractivity contribution is 7.27. The predicted molar refractivity (Wildman–Crippen MR) is 183 cm³/mol. The number of nitriles is 1. The van der Waals surface area contributed by atoms with Gasteiger partial charge in [-0.2, -0.15) is 5.26 Å². The SMILES string of the molecule is [C-]#[N+]c1cc(-c2ccc3sc4ccccc4c3c2)cc2c1sc1c(-n3c4ccccc4c4ccc(C#N)cc43)cccc12. The maximum absolute atomic E-state index is 9.69. The molecule has 3 aromatic heterocycles. The molecular weight excluding hydrogens is 563 g/mol. The van der Waals surface area contributed by atoms with Crippen LogP contribution < -0.4 is 0 Å². The molecule has 43 heavy (non-hydrogen) atoms. The van der Waals surface area contributed by atoms with Gasteiger partial charge >= 0.3 is 0 Å². The Kier molecular flexibility index (Phi) is 5.07.